The standard InChI is InChI=1S/C14H17NO3/c1-10-9-11(13(16)14(17)18)5-6-12(10)15-7-3-2-4-8-15/h5-6,9H,2-4,7-8H2,1H3,(H,17,18). The van der Waals surface area contributed by atoms with Crippen molar-refractivity contribution in [2.75, 3.05) is 18.0 Å². The maximum absolute atomic E-state index is 11.4. The van der Waals surface area contributed by atoms with Gasteiger partial charge in [-0.1, -0.05) is 0 Å². The number of nitrogens with zero attached hydrogens (tertiary/aromatic N) is 1. The first-order valence-electron chi connectivity index (χ1n) is 6.23. The van der Waals surface area contributed by atoms with E-state index in [2.05, 4.69) is 4.90 Å². The van der Waals surface area contributed by atoms with Crippen LogP contribution in [0.1, 0.15) is 35.2 Å². The van der Waals surface area contributed by atoms with Crippen molar-refractivity contribution in [1.82, 2.24) is 0 Å². The maximum atomic E-state index is 11.4. The Bertz CT molecular complexity index is 476. The van der Waals surface area contributed by atoms with Crippen LogP contribution >= 0.6 is 0 Å². The first kappa shape index (κ1) is 12.6. The van der Waals surface area contributed by atoms with E-state index >= 15 is 0 Å². The van der Waals surface area contributed by atoms with Crippen molar-refractivity contribution in [1.29, 1.82) is 0 Å². The molecule has 2 rings (SSSR count). The van der Waals surface area contributed by atoms with Crippen LogP contribution in [0.5, 0.6) is 0 Å². The van der Waals surface area contributed by atoms with Gasteiger partial charge >= 0.3 is 5.97 Å². The number of aryl methyl sites for hydroxylation is 1. The van der Waals surface area contributed by atoms with Crippen LogP contribution < -0.4 is 4.90 Å². The first-order valence-corrected chi connectivity index (χ1v) is 6.23. The minimum absolute atomic E-state index is 0.251. The summed E-state index contributed by atoms with van der Waals surface area (Å²) in [5.41, 5.74) is 2.32. The van der Waals surface area contributed by atoms with E-state index in [9.17, 15) is 9.59 Å². The summed E-state index contributed by atoms with van der Waals surface area (Å²) in [4.78, 5) is 24.3. The van der Waals surface area contributed by atoms with Crippen LogP contribution in [0.25, 0.3) is 0 Å². The summed E-state index contributed by atoms with van der Waals surface area (Å²) >= 11 is 0. The summed E-state index contributed by atoms with van der Waals surface area (Å²) in [7, 11) is 0. The number of hydrogen-bond donors (Lipinski definition) is 1. The van der Waals surface area contributed by atoms with Crippen molar-refractivity contribution in [3.05, 3.63) is 29.3 Å². The van der Waals surface area contributed by atoms with Crippen LogP contribution in [0.4, 0.5) is 5.69 Å². The predicted molar refractivity (Wildman–Crippen MR) is 69.2 cm³/mol. The zero-order chi connectivity index (χ0) is 13.1. The lowest BCUT2D eigenvalue weighted by atomic mass is 10.0. The molecule has 1 aromatic rings. The smallest absolute Gasteiger partial charge is 0.377 e. The number of piperidine rings is 1. The van der Waals surface area contributed by atoms with Gasteiger partial charge in [0, 0.05) is 24.3 Å². The molecule has 0 amide bonds. The van der Waals surface area contributed by atoms with E-state index in [1.54, 1.807) is 12.1 Å². The third-order valence-electron chi connectivity index (χ3n) is 3.35. The van der Waals surface area contributed by atoms with Crippen molar-refractivity contribution in [2.45, 2.75) is 26.2 Å². The lowest BCUT2D eigenvalue weighted by Crippen LogP contribution is -2.30. The number of hydrogen-bond acceptors (Lipinski definition) is 3. The van der Waals surface area contributed by atoms with Gasteiger partial charge in [0.2, 0.25) is 0 Å². The fraction of sp³-hybridized carbons (Fsp3) is 0.429. The molecular weight excluding hydrogens is 230 g/mol. The summed E-state index contributed by atoms with van der Waals surface area (Å²) in [6.07, 6.45) is 3.65. The number of carboxylic acids is 1. The minimum atomic E-state index is -1.40. The molecule has 0 aliphatic carbocycles. The fourth-order valence-electron chi connectivity index (χ4n) is 2.41. The van der Waals surface area contributed by atoms with Gasteiger partial charge in [-0.2, -0.15) is 0 Å². The molecule has 1 heterocycles. The van der Waals surface area contributed by atoms with Crippen LogP contribution in [-0.4, -0.2) is 29.9 Å². The molecule has 96 valence electrons. The number of carbonyl (C=O) groups is 2. The lowest BCUT2D eigenvalue weighted by Gasteiger charge is -2.30. The highest BCUT2D eigenvalue weighted by molar-refractivity contribution is 6.39. The van der Waals surface area contributed by atoms with Crippen molar-refractivity contribution in [3.8, 4) is 0 Å². The van der Waals surface area contributed by atoms with Gasteiger partial charge in [-0.3, -0.25) is 4.79 Å². The Kier molecular flexibility index (Phi) is 3.65. The molecule has 1 aromatic carbocycles. The average Bonchev–Trinajstić information content (AvgIpc) is 2.38. The van der Waals surface area contributed by atoms with Crippen molar-refractivity contribution >= 4 is 17.4 Å². The average molecular weight is 247 g/mol. The Morgan fingerprint density at radius 3 is 2.39 bits per heavy atom. The number of ketones is 1. The van der Waals surface area contributed by atoms with E-state index in [0.29, 0.717) is 0 Å². The zero-order valence-electron chi connectivity index (χ0n) is 10.5. The largest absolute Gasteiger partial charge is 0.475 e. The highest BCUT2D eigenvalue weighted by Crippen LogP contribution is 2.24. The number of anilines is 1. The number of carboxylic acid groups (broad SMARTS) is 1. The van der Waals surface area contributed by atoms with Gasteiger partial charge in [-0.25, -0.2) is 4.79 Å². The van der Waals surface area contributed by atoms with Crippen LogP contribution in [0.15, 0.2) is 18.2 Å². The summed E-state index contributed by atoms with van der Waals surface area (Å²) in [5, 5.41) is 8.68. The fourth-order valence-corrected chi connectivity index (χ4v) is 2.41. The van der Waals surface area contributed by atoms with Crippen molar-refractivity contribution in [3.63, 3.8) is 0 Å². The van der Waals surface area contributed by atoms with Gasteiger partial charge in [0.1, 0.15) is 0 Å². The first-order chi connectivity index (χ1) is 8.59. The number of rotatable bonds is 3. The molecule has 1 N–H and O–H groups in total. The third-order valence-corrected chi connectivity index (χ3v) is 3.35. The molecule has 1 fully saturated rings. The van der Waals surface area contributed by atoms with Gasteiger partial charge in [-0.05, 0) is 49.9 Å². The molecule has 0 atom stereocenters. The molecular formula is C14H17NO3. The van der Waals surface area contributed by atoms with Crippen molar-refractivity contribution in [2.24, 2.45) is 0 Å². The molecule has 0 radical (unpaired) electrons. The van der Waals surface area contributed by atoms with Gasteiger partial charge in [-0.15, -0.1) is 0 Å². The quantitative estimate of drug-likeness (QED) is 0.657. The normalized spacial score (nSPS) is 15.5. The molecule has 4 heteroatoms. The van der Waals surface area contributed by atoms with Crippen LogP contribution in [0.2, 0.25) is 0 Å². The molecule has 18 heavy (non-hydrogen) atoms. The highest BCUT2D eigenvalue weighted by Gasteiger charge is 2.17. The summed E-state index contributed by atoms with van der Waals surface area (Å²) in [6.45, 7) is 3.99. The lowest BCUT2D eigenvalue weighted by molar-refractivity contribution is -0.131. The van der Waals surface area contributed by atoms with Gasteiger partial charge in [0.15, 0.2) is 0 Å². The molecule has 0 bridgehead atoms. The van der Waals surface area contributed by atoms with E-state index < -0.39 is 11.8 Å². The van der Waals surface area contributed by atoms with Crippen LogP contribution in [0.3, 0.4) is 0 Å². The highest BCUT2D eigenvalue weighted by atomic mass is 16.4. The predicted octanol–water partition coefficient (Wildman–Crippen LogP) is 2.25. The molecule has 1 saturated heterocycles. The summed E-state index contributed by atoms with van der Waals surface area (Å²) in [5.74, 6) is -2.25. The van der Waals surface area contributed by atoms with Gasteiger partial charge < -0.3 is 10.0 Å². The Hall–Kier alpha value is -1.84. The maximum Gasteiger partial charge on any atom is 0.377 e. The Morgan fingerprint density at radius 1 is 1.17 bits per heavy atom. The van der Waals surface area contributed by atoms with E-state index in [4.69, 9.17) is 5.11 Å². The second-order valence-electron chi connectivity index (χ2n) is 4.68. The number of benzene rings is 1. The van der Waals surface area contributed by atoms with Gasteiger partial charge in [0.05, 0.1) is 0 Å². The monoisotopic (exact) mass is 247 g/mol. The second-order valence-corrected chi connectivity index (χ2v) is 4.68. The molecule has 0 saturated carbocycles. The molecule has 0 aromatic heterocycles. The summed E-state index contributed by atoms with van der Waals surface area (Å²) in [6, 6.07) is 5.13. The van der Waals surface area contributed by atoms with E-state index in [1.165, 1.54) is 19.3 Å². The molecule has 1 aliphatic heterocycles. The zero-order valence-corrected chi connectivity index (χ0v) is 10.5. The van der Waals surface area contributed by atoms with Crippen molar-refractivity contribution < 1.29 is 14.7 Å². The Balaban J connectivity index is 2.24. The minimum Gasteiger partial charge on any atom is -0.475 e. The SMILES string of the molecule is Cc1cc(C(=O)C(=O)O)ccc1N1CCCCC1. The van der Waals surface area contributed by atoms with E-state index in [0.717, 1.165) is 24.3 Å². The molecule has 4 nitrogen and oxygen atoms in total. The molecule has 0 unspecified atom stereocenters. The Morgan fingerprint density at radius 2 is 1.83 bits per heavy atom. The van der Waals surface area contributed by atoms with E-state index in [-0.39, 0.29) is 5.56 Å². The number of Topliss-reactive ketones (excluding diaryl/α,β-unsaturated/α-hetero) is 1. The Labute approximate surface area is 106 Å². The molecule has 1 aliphatic rings. The summed E-state index contributed by atoms with van der Waals surface area (Å²) < 4.78 is 0. The molecule has 0 spiro atoms. The number of carbonyl (C=O) groups excluding carboxylic acids is 1. The topological polar surface area (TPSA) is 57.6 Å². The number of aliphatic carboxylic acids is 1. The second kappa shape index (κ2) is 5.21. The third kappa shape index (κ3) is 2.53. The van der Waals surface area contributed by atoms with Crippen LogP contribution in [0, 0.1) is 6.92 Å². The van der Waals surface area contributed by atoms with E-state index in [1.807, 2.05) is 13.0 Å². The van der Waals surface area contributed by atoms with Gasteiger partial charge in [0.25, 0.3) is 5.78 Å². The van der Waals surface area contributed by atoms with Crippen LogP contribution in [-0.2, 0) is 4.79 Å².